The quantitative estimate of drug-likeness (QED) is 0.585. The molecular weight excluding hydrogens is 388 g/mol. The second kappa shape index (κ2) is 7.32. The third-order valence-corrected chi connectivity index (χ3v) is 3.27. The molecule has 1 aliphatic rings. The van der Waals surface area contributed by atoms with Crippen molar-refractivity contribution in [2.75, 3.05) is 13.1 Å². The molecule has 1 heterocycles. The van der Waals surface area contributed by atoms with Crippen LogP contribution >= 0.6 is 0 Å². The Balaban J connectivity index is 2.13. The number of hydrogen-bond acceptors (Lipinski definition) is 4. The van der Waals surface area contributed by atoms with Crippen molar-refractivity contribution in [2.45, 2.75) is 18.6 Å². The van der Waals surface area contributed by atoms with Crippen LogP contribution in [0.15, 0.2) is 24.3 Å². The maximum atomic E-state index is 12.5. The highest BCUT2D eigenvalue weighted by Gasteiger charge is 2.42. The number of nitrogens with zero attached hydrogens (tertiary/aromatic N) is 1. The molecule has 27 heavy (non-hydrogen) atoms. The number of nitrogens with one attached hydrogen (secondary N) is 2. The maximum absolute atomic E-state index is 12.5. The van der Waals surface area contributed by atoms with Gasteiger partial charge in [-0.3, -0.25) is 14.5 Å². The van der Waals surface area contributed by atoms with Crippen molar-refractivity contribution in [2.24, 2.45) is 0 Å². The molecule has 1 unspecified atom stereocenters. The Morgan fingerprint density at radius 1 is 1.15 bits per heavy atom. The number of imide groups is 1. The molecule has 13 heteroatoms. The highest BCUT2D eigenvalue weighted by atomic mass is 19.4. The van der Waals surface area contributed by atoms with Gasteiger partial charge in [-0.2, -0.15) is 13.2 Å². The van der Waals surface area contributed by atoms with Crippen LogP contribution in [0, 0.1) is 0 Å². The van der Waals surface area contributed by atoms with Crippen LogP contribution in [0.4, 0.5) is 31.1 Å². The van der Waals surface area contributed by atoms with Gasteiger partial charge in [-0.25, -0.2) is 4.79 Å². The predicted molar refractivity (Wildman–Crippen MR) is 75.2 cm³/mol. The van der Waals surface area contributed by atoms with Crippen molar-refractivity contribution in [3.63, 3.8) is 0 Å². The summed E-state index contributed by atoms with van der Waals surface area (Å²) in [5, 5.41) is 3.54. The molecule has 1 aliphatic heterocycles. The molecule has 2 N–H and O–H groups in total. The van der Waals surface area contributed by atoms with Crippen LogP contribution in [0.2, 0.25) is 0 Å². The fourth-order valence-electron chi connectivity index (χ4n) is 2.21. The highest BCUT2D eigenvalue weighted by Crippen LogP contribution is 2.33. The summed E-state index contributed by atoms with van der Waals surface area (Å²) in [5.41, 5.74) is -0.327. The Morgan fingerprint density at radius 3 is 2.37 bits per heavy atom. The Hall–Kier alpha value is -2.99. The molecule has 0 radical (unpaired) electrons. The van der Waals surface area contributed by atoms with Gasteiger partial charge >= 0.3 is 18.6 Å². The summed E-state index contributed by atoms with van der Waals surface area (Å²) in [6, 6.07) is 1.77. The van der Waals surface area contributed by atoms with Gasteiger partial charge in [0.15, 0.2) is 0 Å². The van der Waals surface area contributed by atoms with Crippen molar-refractivity contribution in [3.05, 3.63) is 29.8 Å². The predicted octanol–water partition coefficient (Wildman–Crippen LogP) is 1.86. The van der Waals surface area contributed by atoms with Crippen LogP contribution in [0.3, 0.4) is 0 Å². The van der Waals surface area contributed by atoms with Crippen LogP contribution in [-0.2, 0) is 9.59 Å². The standard InChI is InChI=1S/C14H11F6N3O4/c15-13(16,17)6-21-9(24)5-23-11(25)10(22-12(23)26)7-3-1-2-4-8(7)27-14(18,19)20/h1-4,10H,5-6H2,(H,21,24)(H,22,26). The fourth-order valence-corrected chi connectivity index (χ4v) is 2.21. The van der Waals surface area contributed by atoms with Crippen molar-refractivity contribution < 1.29 is 45.5 Å². The number of para-hydroxylation sites is 1. The molecule has 4 amide bonds. The number of hydrogen-bond donors (Lipinski definition) is 2. The van der Waals surface area contributed by atoms with Gasteiger partial charge in [0.25, 0.3) is 5.91 Å². The van der Waals surface area contributed by atoms with Crippen molar-refractivity contribution in [1.29, 1.82) is 0 Å². The SMILES string of the molecule is O=C(CN1C(=O)NC(c2ccccc2OC(F)(F)F)C1=O)NCC(F)(F)F. The van der Waals surface area contributed by atoms with Crippen LogP contribution < -0.4 is 15.4 Å². The number of ether oxygens (including phenoxy) is 1. The van der Waals surface area contributed by atoms with E-state index >= 15 is 0 Å². The summed E-state index contributed by atoms with van der Waals surface area (Å²) in [7, 11) is 0. The monoisotopic (exact) mass is 399 g/mol. The lowest BCUT2D eigenvalue weighted by Gasteiger charge is -2.16. The van der Waals surface area contributed by atoms with E-state index in [2.05, 4.69) is 10.1 Å². The van der Waals surface area contributed by atoms with E-state index in [1.807, 2.05) is 0 Å². The first-order valence-corrected chi connectivity index (χ1v) is 7.17. The van der Waals surface area contributed by atoms with E-state index in [1.54, 1.807) is 0 Å². The lowest BCUT2D eigenvalue weighted by Crippen LogP contribution is -2.43. The van der Waals surface area contributed by atoms with Gasteiger partial charge in [0.2, 0.25) is 5.91 Å². The Labute approximate surface area is 147 Å². The molecule has 1 fully saturated rings. The van der Waals surface area contributed by atoms with Crippen LogP contribution in [0.1, 0.15) is 11.6 Å². The molecule has 1 saturated heterocycles. The molecule has 0 bridgehead atoms. The zero-order chi connectivity index (χ0) is 20.4. The van der Waals surface area contributed by atoms with Crippen LogP contribution in [0.5, 0.6) is 5.75 Å². The molecule has 1 atom stereocenters. The lowest BCUT2D eigenvalue weighted by molar-refractivity contribution is -0.275. The van der Waals surface area contributed by atoms with E-state index in [0.29, 0.717) is 4.90 Å². The Kier molecular flexibility index (Phi) is 5.51. The lowest BCUT2D eigenvalue weighted by atomic mass is 10.1. The molecule has 1 aromatic rings. The zero-order valence-electron chi connectivity index (χ0n) is 13.1. The number of urea groups is 1. The first-order valence-electron chi connectivity index (χ1n) is 7.17. The van der Waals surface area contributed by atoms with Gasteiger partial charge in [-0.05, 0) is 6.07 Å². The number of amides is 4. The minimum Gasteiger partial charge on any atom is -0.405 e. The third-order valence-electron chi connectivity index (χ3n) is 3.27. The zero-order valence-corrected chi connectivity index (χ0v) is 13.1. The first kappa shape index (κ1) is 20.3. The molecular formula is C14H11F6N3O4. The van der Waals surface area contributed by atoms with Crippen LogP contribution in [-0.4, -0.2) is 48.4 Å². The number of carbonyl (C=O) groups is 3. The molecule has 0 spiro atoms. The average molecular weight is 399 g/mol. The van der Waals surface area contributed by atoms with E-state index in [9.17, 15) is 40.7 Å². The number of carbonyl (C=O) groups excluding carboxylic acids is 3. The normalized spacial score (nSPS) is 17.7. The topological polar surface area (TPSA) is 87.7 Å². The summed E-state index contributed by atoms with van der Waals surface area (Å²) < 4.78 is 77.4. The van der Waals surface area contributed by atoms with E-state index < -0.39 is 55.3 Å². The third kappa shape index (κ3) is 5.49. The molecule has 0 aliphatic carbocycles. The summed E-state index contributed by atoms with van der Waals surface area (Å²) in [6.07, 6.45) is -9.75. The van der Waals surface area contributed by atoms with E-state index in [0.717, 1.165) is 12.1 Å². The first-order chi connectivity index (χ1) is 12.4. The number of rotatable bonds is 5. The van der Waals surface area contributed by atoms with Crippen molar-refractivity contribution >= 4 is 17.8 Å². The molecule has 0 aromatic heterocycles. The van der Waals surface area contributed by atoms with E-state index in [-0.39, 0.29) is 5.56 Å². The summed E-state index contributed by atoms with van der Waals surface area (Å²) >= 11 is 0. The largest absolute Gasteiger partial charge is 0.573 e. The molecule has 1 aromatic carbocycles. The molecule has 7 nitrogen and oxygen atoms in total. The summed E-state index contributed by atoms with van der Waals surface area (Å²) in [5.74, 6) is -3.12. The minimum atomic E-state index is -5.06. The smallest absolute Gasteiger partial charge is 0.405 e. The Morgan fingerprint density at radius 2 is 1.78 bits per heavy atom. The average Bonchev–Trinajstić information content (AvgIpc) is 2.79. The van der Waals surface area contributed by atoms with Crippen LogP contribution in [0.25, 0.3) is 0 Å². The molecule has 0 saturated carbocycles. The van der Waals surface area contributed by atoms with Gasteiger partial charge in [0, 0.05) is 5.56 Å². The van der Waals surface area contributed by atoms with E-state index in [1.165, 1.54) is 17.4 Å². The van der Waals surface area contributed by atoms with Gasteiger partial charge in [0.05, 0.1) is 0 Å². The summed E-state index contributed by atoms with van der Waals surface area (Å²) in [6.45, 7) is -2.69. The maximum Gasteiger partial charge on any atom is 0.573 e. The number of alkyl halides is 6. The summed E-state index contributed by atoms with van der Waals surface area (Å²) in [4.78, 5) is 35.9. The van der Waals surface area contributed by atoms with E-state index in [4.69, 9.17) is 0 Å². The second-order valence-corrected chi connectivity index (χ2v) is 5.28. The van der Waals surface area contributed by atoms with Crippen molar-refractivity contribution in [1.82, 2.24) is 15.5 Å². The number of halogens is 6. The van der Waals surface area contributed by atoms with Gasteiger partial charge in [0.1, 0.15) is 24.9 Å². The Bertz CT molecular complexity index is 749. The molecule has 148 valence electrons. The highest BCUT2D eigenvalue weighted by molar-refractivity contribution is 6.07. The van der Waals surface area contributed by atoms with Crippen molar-refractivity contribution in [3.8, 4) is 5.75 Å². The van der Waals surface area contributed by atoms with Gasteiger partial charge in [-0.15, -0.1) is 13.2 Å². The van der Waals surface area contributed by atoms with Gasteiger partial charge < -0.3 is 15.4 Å². The molecule has 2 rings (SSSR count). The minimum absolute atomic E-state index is 0.292. The van der Waals surface area contributed by atoms with Gasteiger partial charge in [-0.1, -0.05) is 18.2 Å². The second-order valence-electron chi connectivity index (χ2n) is 5.28. The fraction of sp³-hybridized carbons (Fsp3) is 0.357. The number of benzene rings is 1.